The third kappa shape index (κ3) is 2.62. The molecule has 0 amide bonds. The molecule has 1 aliphatic rings. The number of aromatic nitrogens is 1. The molecule has 90 valence electrons. The largest absolute Gasteiger partial charge is 0.395 e. The molecule has 3 nitrogen and oxygen atoms in total. The number of thiazole rings is 1. The quantitative estimate of drug-likeness (QED) is 0.880. The molecule has 0 saturated carbocycles. The number of aryl methyl sites for hydroxylation is 1. The van der Waals surface area contributed by atoms with Crippen molar-refractivity contribution in [3.63, 3.8) is 0 Å². The first-order valence-electron chi connectivity index (χ1n) is 5.98. The van der Waals surface area contributed by atoms with Gasteiger partial charge in [0, 0.05) is 24.0 Å². The maximum absolute atomic E-state index is 9.40. The second kappa shape index (κ2) is 5.25. The van der Waals surface area contributed by atoms with Gasteiger partial charge in [0.1, 0.15) is 0 Å². The molecule has 0 bridgehead atoms. The average Bonchev–Trinajstić information content (AvgIpc) is 2.67. The van der Waals surface area contributed by atoms with Crippen LogP contribution in [0.4, 0.5) is 0 Å². The predicted molar refractivity (Wildman–Crippen MR) is 66.6 cm³/mol. The van der Waals surface area contributed by atoms with Crippen LogP contribution >= 0.6 is 11.3 Å². The van der Waals surface area contributed by atoms with Crippen molar-refractivity contribution in [2.24, 2.45) is 0 Å². The number of likely N-dealkylation sites (tertiary alicyclic amines) is 1. The number of hydrogen-bond acceptors (Lipinski definition) is 4. The molecule has 1 fully saturated rings. The van der Waals surface area contributed by atoms with Crippen molar-refractivity contribution in [1.29, 1.82) is 0 Å². The van der Waals surface area contributed by atoms with Crippen LogP contribution in [0.5, 0.6) is 0 Å². The van der Waals surface area contributed by atoms with Crippen molar-refractivity contribution in [1.82, 2.24) is 9.88 Å². The van der Waals surface area contributed by atoms with Crippen molar-refractivity contribution < 1.29 is 5.11 Å². The number of piperidine rings is 1. The number of nitrogens with zero attached hydrogens (tertiary/aromatic N) is 2. The fourth-order valence-electron chi connectivity index (χ4n) is 2.49. The summed E-state index contributed by atoms with van der Waals surface area (Å²) in [5.41, 5.74) is 1.15. The zero-order valence-corrected chi connectivity index (χ0v) is 10.8. The first-order chi connectivity index (χ1) is 7.70. The summed E-state index contributed by atoms with van der Waals surface area (Å²) in [6.07, 6.45) is 3.59. The van der Waals surface area contributed by atoms with Crippen molar-refractivity contribution in [3.05, 3.63) is 16.1 Å². The Hall–Kier alpha value is -0.450. The molecule has 1 aromatic heterocycles. The van der Waals surface area contributed by atoms with Crippen LogP contribution in [0.25, 0.3) is 0 Å². The molecule has 1 aliphatic heterocycles. The van der Waals surface area contributed by atoms with Gasteiger partial charge in [-0.25, -0.2) is 4.98 Å². The molecule has 1 aromatic rings. The van der Waals surface area contributed by atoms with E-state index in [4.69, 9.17) is 0 Å². The Labute approximate surface area is 101 Å². The molecule has 0 radical (unpaired) electrons. The van der Waals surface area contributed by atoms with Crippen LogP contribution in [-0.2, 0) is 6.54 Å². The number of rotatable bonds is 3. The lowest BCUT2D eigenvalue weighted by Gasteiger charge is -2.39. The van der Waals surface area contributed by atoms with Gasteiger partial charge in [0.15, 0.2) is 0 Å². The molecule has 0 aliphatic carbocycles. The Balaban J connectivity index is 2.05. The van der Waals surface area contributed by atoms with Gasteiger partial charge in [0.25, 0.3) is 0 Å². The predicted octanol–water partition coefficient (Wildman–Crippen LogP) is 2.19. The molecule has 0 spiro atoms. The van der Waals surface area contributed by atoms with E-state index in [1.807, 2.05) is 6.92 Å². The summed E-state index contributed by atoms with van der Waals surface area (Å²) in [5, 5.41) is 12.7. The first-order valence-corrected chi connectivity index (χ1v) is 6.86. The van der Waals surface area contributed by atoms with E-state index in [0.717, 1.165) is 23.7 Å². The van der Waals surface area contributed by atoms with Crippen molar-refractivity contribution >= 4 is 11.3 Å². The van der Waals surface area contributed by atoms with Crippen LogP contribution in [-0.4, -0.2) is 33.7 Å². The van der Waals surface area contributed by atoms with Gasteiger partial charge >= 0.3 is 0 Å². The lowest BCUT2D eigenvalue weighted by Crippen LogP contribution is -2.46. The summed E-state index contributed by atoms with van der Waals surface area (Å²) < 4.78 is 0. The number of aliphatic hydroxyl groups is 1. The molecular weight excluding hydrogens is 220 g/mol. The molecule has 4 heteroatoms. The zero-order chi connectivity index (χ0) is 11.5. The smallest absolute Gasteiger partial charge is 0.0897 e. The van der Waals surface area contributed by atoms with Crippen molar-refractivity contribution in [2.45, 2.75) is 51.7 Å². The minimum absolute atomic E-state index is 0.271. The molecule has 1 saturated heterocycles. The monoisotopic (exact) mass is 240 g/mol. The fourth-order valence-corrected chi connectivity index (χ4v) is 3.09. The highest BCUT2D eigenvalue weighted by Crippen LogP contribution is 2.24. The van der Waals surface area contributed by atoms with Crippen LogP contribution in [0.2, 0.25) is 0 Å². The topological polar surface area (TPSA) is 36.4 Å². The summed E-state index contributed by atoms with van der Waals surface area (Å²) in [4.78, 5) is 6.90. The third-order valence-corrected chi connectivity index (χ3v) is 4.24. The molecular formula is C12H20N2OS. The second-order valence-electron chi connectivity index (χ2n) is 4.65. The van der Waals surface area contributed by atoms with E-state index in [0.29, 0.717) is 12.1 Å². The van der Waals surface area contributed by atoms with E-state index in [-0.39, 0.29) is 6.61 Å². The Morgan fingerprint density at radius 3 is 3.00 bits per heavy atom. The summed E-state index contributed by atoms with van der Waals surface area (Å²) in [6, 6.07) is 0.888. The zero-order valence-electron chi connectivity index (χ0n) is 10.0. The molecule has 0 aromatic carbocycles. The Bertz CT molecular complexity index is 340. The van der Waals surface area contributed by atoms with E-state index in [1.54, 1.807) is 11.3 Å². The van der Waals surface area contributed by atoms with Gasteiger partial charge in [0.05, 0.1) is 17.3 Å². The van der Waals surface area contributed by atoms with Gasteiger partial charge in [-0.3, -0.25) is 4.90 Å². The van der Waals surface area contributed by atoms with E-state index in [9.17, 15) is 5.11 Å². The number of hydrogen-bond donors (Lipinski definition) is 1. The van der Waals surface area contributed by atoms with Gasteiger partial charge in [0.2, 0.25) is 0 Å². The molecule has 2 rings (SSSR count). The lowest BCUT2D eigenvalue weighted by molar-refractivity contribution is 0.0443. The van der Waals surface area contributed by atoms with Crippen LogP contribution < -0.4 is 0 Å². The highest BCUT2D eigenvalue weighted by atomic mass is 32.1. The maximum Gasteiger partial charge on any atom is 0.0897 e. The molecule has 16 heavy (non-hydrogen) atoms. The first kappa shape index (κ1) is 12.0. The fraction of sp³-hybridized carbons (Fsp3) is 0.750. The summed E-state index contributed by atoms with van der Waals surface area (Å²) >= 11 is 1.70. The Morgan fingerprint density at radius 1 is 1.56 bits per heavy atom. The van der Waals surface area contributed by atoms with Gasteiger partial charge in [-0.05, 0) is 26.7 Å². The average molecular weight is 240 g/mol. The minimum Gasteiger partial charge on any atom is -0.395 e. The SMILES string of the molecule is Cc1nc(CN2C(C)CCCC2CO)cs1. The van der Waals surface area contributed by atoms with Crippen LogP contribution in [0.1, 0.15) is 36.9 Å². The molecule has 2 atom stereocenters. The van der Waals surface area contributed by atoms with E-state index < -0.39 is 0 Å². The third-order valence-electron chi connectivity index (χ3n) is 3.42. The molecule has 2 heterocycles. The molecule has 2 unspecified atom stereocenters. The van der Waals surface area contributed by atoms with Crippen molar-refractivity contribution in [2.75, 3.05) is 6.61 Å². The minimum atomic E-state index is 0.271. The van der Waals surface area contributed by atoms with Crippen LogP contribution in [0, 0.1) is 6.92 Å². The highest BCUT2D eigenvalue weighted by Gasteiger charge is 2.27. The second-order valence-corrected chi connectivity index (χ2v) is 5.71. The van der Waals surface area contributed by atoms with Gasteiger partial charge in [-0.2, -0.15) is 0 Å². The molecule has 1 N–H and O–H groups in total. The van der Waals surface area contributed by atoms with Gasteiger partial charge in [-0.1, -0.05) is 6.42 Å². The van der Waals surface area contributed by atoms with Crippen molar-refractivity contribution in [3.8, 4) is 0 Å². The standard InChI is InChI=1S/C12H20N2OS/c1-9-4-3-5-12(7-15)14(9)6-11-8-16-10(2)13-11/h8-9,12,15H,3-7H2,1-2H3. The highest BCUT2D eigenvalue weighted by molar-refractivity contribution is 7.09. The van der Waals surface area contributed by atoms with Crippen LogP contribution in [0.15, 0.2) is 5.38 Å². The van der Waals surface area contributed by atoms with E-state index >= 15 is 0 Å². The van der Waals surface area contributed by atoms with E-state index in [2.05, 4.69) is 22.2 Å². The Morgan fingerprint density at radius 2 is 2.38 bits per heavy atom. The Kier molecular flexibility index (Phi) is 3.95. The van der Waals surface area contributed by atoms with Gasteiger partial charge in [-0.15, -0.1) is 11.3 Å². The van der Waals surface area contributed by atoms with Crippen LogP contribution in [0.3, 0.4) is 0 Å². The maximum atomic E-state index is 9.40. The lowest BCUT2D eigenvalue weighted by atomic mass is 9.97. The summed E-state index contributed by atoms with van der Waals surface area (Å²) in [7, 11) is 0. The normalized spacial score (nSPS) is 27.2. The summed E-state index contributed by atoms with van der Waals surface area (Å²) in [6.45, 7) is 5.45. The van der Waals surface area contributed by atoms with Gasteiger partial charge < -0.3 is 5.11 Å². The summed E-state index contributed by atoms with van der Waals surface area (Å²) in [5.74, 6) is 0. The van der Waals surface area contributed by atoms with E-state index in [1.165, 1.54) is 12.8 Å². The number of aliphatic hydroxyl groups excluding tert-OH is 1.